The lowest BCUT2D eigenvalue weighted by atomic mass is 9.93. The summed E-state index contributed by atoms with van der Waals surface area (Å²) in [6.07, 6.45) is 42.9. The van der Waals surface area contributed by atoms with Crippen molar-refractivity contribution in [3.63, 3.8) is 0 Å². The standard InChI is InChI=1S/C40H80O2/c1-5-9-13-17-21-23-25-29-33-37-39(36-32-28-20-16-12-8-4)42-40(41)38(34-30-26-19-15-11-7-3)35-31-27-24-22-18-14-10-6-2/h38-39H,5-37H2,1-4H3. The molecule has 0 N–H and O–H groups in total. The first-order valence-electron chi connectivity index (χ1n) is 19.9. The largest absolute Gasteiger partial charge is 0.462 e. The molecule has 0 aromatic rings. The molecule has 2 nitrogen and oxygen atoms in total. The highest BCUT2D eigenvalue weighted by atomic mass is 16.5. The van der Waals surface area contributed by atoms with Gasteiger partial charge in [0.05, 0.1) is 5.92 Å². The second-order valence-corrected chi connectivity index (χ2v) is 13.7. The van der Waals surface area contributed by atoms with Crippen LogP contribution >= 0.6 is 0 Å². The maximum Gasteiger partial charge on any atom is 0.309 e. The van der Waals surface area contributed by atoms with Crippen LogP contribution in [0, 0.1) is 5.92 Å². The van der Waals surface area contributed by atoms with Crippen molar-refractivity contribution in [1.29, 1.82) is 0 Å². The Morgan fingerprint density at radius 3 is 0.881 bits per heavy atom. The van der Waals surface area contributed by atoms with Gasteiger partial charge in [0.25, 0.3) is 0 Å². The number of carbonyl (C=O) groups is 1. The van der Waals surface area contributed by atoms with Crippen molar-refractivity contribution >= 4 is 5.97 Å². The number of unbranched alkanes of at least 4 members (excludes halogenated alkanes) is 25. The van der Waals surface area contributed by atoms with Gasteiger partial charge in [0, 0.05) is 0 Å². The van der Waals surface area contributed by atoms with E-state index in [4.69, 9.17) is 4.74 Å². The molecular weight excluding hydrogens is 512 g/mol. The maximum atomic E-state index is 13.6. The van der Waals surface area contributed by atoms with Crippen molar-refractivity contribution in [2.45, 2.75) is 246 Å². The highest BCUT2D eigenvalue weighted by Crippen LogP contribution is 2.24. The highest BCUT2D eigenvalue weighted by molar-refractivity contribution is 5.72. The van der Waals surface area contributed by atoms with Crippen LogP contribution in [0.3, 0.4) is 0 Å². The number of hydrogen-bond acceptors (Lipinski definition) is 2. The summed E-state index contributed by atoms with van der Waals surface area (Å²) in [5, 5.41) is 0. The molecule has 0 aliphatic rings. The lowest BCUT2D eigenvalue weighted by molar-refractivity contribution is -0.155. The summed E-state index contributed by atoms with van der Waals surface area (Å²) in [6.45, 7) is 9.15. The third kappa shape index (κ3) is 29.5. The monoisotopic (exact) mass is 593 g/mol. The molecule has 2 unspecified atom stereocenters. The molecule has 0 amide bonds. The maximum absolute atomic E-state index is 13.6. The summed E-state index contributed by atoms with van der Waals surface area (Å²) < 4.78 is 6.39. The number of carbonyl (C=O) groups excluding carboxylic acids is 1. The van der Waals surface area contributed by atoms with E-state index in [1.165, 1.54) is 186 Å². The molecule has 0 rings (SSSR count). The number of ether oxygens (including phenoxy) is 1. The van der Waals surface area contributed by atoms with E-state index < -0.39 is 0 Å². The van der Waals surface area contributed by atoms with E-state index >= 15 is 0 Å². The molecule has 0 fully saturated rings. The Kier molecular flexibility index (Phi) is 34.5. The molecule has 252 valence electrons. The van der Waals surface area contributed by atoms with E-state index in [9.17, 15) is 4.79 Å². The first kappa shape index (κ1) is 41.5. The van der Waals surface area contributed by atoms with Gasteiger partial charge in [0.15, 0.2) is 0 Å². The van der Waals surface area contributed by atoms with Crippen LogP contribution in [-0.4, -0.2) is 12.1 Å². The summed E-state index contributed by atoms with van der Waals surface area (Å²) in [5.74, 6) is 0.282. The van der Waals surface area contributed by atoms with Gasteiger partial charge in [-0.1, -0.05) is 201 Å². The van der Waals surface area contributed by atoms with Crippen LogP contribution in [0.4, 0.5) is 0 Å². The predicted molar refractivity (Wildman–Crippen MR) is 188 cm³/mol. The van der Waals surface area contributed by atoms with Gasteiger partial charge in [-0.2, -0.15) is 0 Å². The van der Waals surface area contributed by atoms with E-state index in [-0.39, 0.29) is 18.0 Å². The Bertz CT molecular complexity index is 516. The fourth-order valence-corrected chi connectivity index (χ4v) is 6.43. The average molecular weight is 593 g/mol. The molecule has 0 spiro atoms. The lowest BCUT2D eigenvalue weighted by Gasteiger charge is -2.22. The van der Waals surface area contributed by atoms with Crippen LogP contribution in [-0.2, 0) is 9.53 Å². The van der Waals surface area contributed by atoms with Crippen molar-refractivity contribution in [3.05, 3.63) is 0 Å². The fraction of sp³-hybridized carbons (Fsp3) is 0.975. The van der Waals surface area contributed by atoms with E-state index in [1.54, 1.807) is 0 Å². The average Bonchev–Trinajstić information content (AvgIpc) is 2.99. The second kappa shape index (κ2) is 35.0. The van der Waals surface area contributed by atoms with Crippen LogP contribution in [0.5, 0.6) is 0 Å². The van der Waals surface area contributed by atoms with Gasteiger partial charge in [-0.3, -0.25) is 4.79 Å². The van der Waals surface area contributed by atoms with Crippen LogP contribution in [0.25, 0.3) is 0 Å². The topological polar surface area (TPSA) is 26.3 Å². The van der Waals surface area contributed by atoms with Gasteiger partial charge in [0.2, 0.25) is 0 Å². The van der Waals surface area contributed by atoms with Gasteiger partial charge >= 0.3 is 5.97 Å². The van der Waals surface area contributed by atoms with Crippen molar-refractivity contribution in [3.8, 4) is 0 Å². The number of hydrogen-bond donors (Lipinski definition) is 0. The van der Waals surface area contributed by atoms with Crippen molar-refractivity contribution in [1.82, 2.24) is 0 Å². The van der Waals surface area contributed by atoms with E-state index in [2.05, 4.69) is 27.7 Å². The number of esters is 1. The smallest absolute Gasteiger partial charge is 0.309 e. The van der Waals surface area contributed by atoms with Gasteiger partial charge in [-0.15, -0.1) is 0 Å². The van der Waals surface area contributed by atoms with E-state index in [0.717, 1.165) is 25.7 Å². The molecule has 0 aliphatic heterocycles. The first-order chi connectivity index (χ1) is 20.7. The van der Waals surface area contributed by atoms with Gasteiger partial charge in [0.1, 0.15) is 6.10 Å². The first-order valence-corrected chi connectivity index (χ1v) is 19.9. The van der Waals surface area contributed by atoms with E-state index in [0.29, 0.717) is 0 Å². The van der Waals surface area contributed by atoms with Crippen LogP contribution in [0.1, 0.15) is 240 Å². The van der Waals surface area contributed by atoms with Gasteiger partial charge < -0.3 is 4.74 Å². The Morgan fingerprint density at radius 1 is 0.357 bits per heavy atom. The molecule has 0 aromatic carbocycles. The zero-order chi connectivity index (χ0) is 30.8. The van der Waals surface area contributed by atoms with E-state index in [1.807, 2.05) is 0 Å². The third-order valence-corrected chi connectivity index (χ3v) is 9.44. The van der Waals surface area contributed by atoms with Crippen LogP contribution in [0.15, 0.2) is 0 Å². The molecule has 0 saturated heterocycles. The molecule has 2 atom stereocenters. The number of rotatable bonds is 35. The molecule has 0 bridgehead atoms. The summed E-state index contributed by atoms with van der Waals surface area (Å²) in [5.41, 5.74) is 0. The van der Waals surface area contributed by atoms with Crippen LogP contribution < -0.4 is 0 Å². The second-order valence-electron chi connectivity index (χ2n) is 13.7. The third-order valence-electron chi connectivity index (χ3n) is 9.44. The molecule has 0 aromatic heterocycles. The quantitative estimate of drug-likeness (QED) is 0.0540. The zero-order valence-corrected chi connectivity index (χ0v) is 29.8. The molecule has 0 aliphatic carbocycles. The highest BCUT2D eigenvalue weighted by Gasteiger charge is 2.23. The zero-order valence-electron chi connectivity index (χ0n) is 29.8. The Morgan fingerprint density at radius 2 is 0.595 bits per heavy atom. The molecule has 0 radical (unpaired) electrons. The normalized spacial score (nSPS) is 13.0. The fourth-order valence-electron chi connectivity index (χ4n) is 6.43. The van der Waals surface area contributed by atoms with Crippen molar-refractivity contribution in [2.75, 3.05) is 0 Å². The molecule has 42 heavy (non-hydrogen) atoms. The lowest BCUT2D eigenvalue weighted by Crippen LogP contribution is -2.25. The SMILES string of the molecule is CCCCCCCCCCCC(CCCCCCCC)OC(=O)C(CCCCCCCC)CCCCCCCCCC. The molecule has 2 heteroatoms. The van der Waals surface area contributed by atoms with Crippen molar-refractivity contribution in [2.24, 2.45) is 5.92 Å². The van der Waals surface area contributed by atoms with Gasteiger partial charge in [-0.25, -0.2) is 0 Å². The van der Waals surface area contributed by atoms with Crippen molar-refractivity contribution < 1.29 is 9.53 Å². The molecule has 0 heterocycles. The summed E-state index contributed by atoms with van der Waals surface area (Å²) in [4.78, 5) is 13.6. The minimum atomic E-state index is 0.131. The Hall–Kier alpha value is -0.530. The van der Waals surface area contributed by atoms with Crippen LogP contribution in [0.2, 0.25) is 0 Å². The predicted octanol–water partition coefficient (Wildman–Crippen LogP) is 14.5. The molecular formula is C40H80O2. The summed E-state index contributed by atoms with van der Waals surface area (Å²) in [6, 6.07) is 0. The minimum Gasteiger partial charge on any atom is -0.462 e. The van der Waals surface area contributed by atoms with Gasteiger partial charge in [-0.05, 0) is 38.5 Å². The summed E-state index contributed by atoms with van der Waals surface area (Å²) in [7, 11) is 0. The minimum absolute atomic E-state index is 0.131. The summed E-state index contributed by atoms with van der Waals surface area (Å²) >= 11 is 0. The Balaban J connectivity index is 4.73. The Labute approximate surface area is 266 Å². The molecule has 0 saturated carbocycles.